The molecular weight excluding hydrogens is 312 g/mol. The van der Waals surface area contributed by atoms with Gasteiger partial charge in [-0.15, -0.1) is 0 Å². The van der Waals surface area contributed by atoms with Crippen LogP contribution in [0.2, 0.25) is 5.02 Å². The Labute approximate surface area is 131 Å². The molecule has 0 saturated heterocycles. The first-order valence-corrected chi connectivity index (χ1v) is 8.84. The van der Waals surface area contributed by atoms with E-state index in [1.54, 1.807) is 0 Å². The number of nitrogens with zero attached hydrogens (tertiary/aromatic N) is 2. The summed E-state index contributed by atoms with van der Waals surface area (Å²) in [5.74, 6) is 0.503. The molecule has 0 bridgehead atoms. The third-order valence-corrected chi connectivity index (χ3v) is 4.71. The third-order valence-electron chi connectivity index (χ3n) is 2.99. The monoisotopic (exact) mass is 334 g/mol. The zero-order valence-corrected chi connectivity index (χ0v) is 14.3. The van der Waals surface area contributed by atoms with Gasteiger partial charge in [-0.1, -0.05) is 25.4 Å². The van der Waals surface area contributed by atoms with Gasteiger partial charge in [0.15, 0.2) is 0 Å². The van der Waals surface area contributed by atoms with Crippen LogP contribution in [-0.4, -0.2) is 51.5 Å². The maximum atomic E-state index is 12.1. The average Bonchev–Trinajstić information content (AvgIpc) is 2.45. The highest BCUT2D eigenvalue weighted by Gasteiger charge is 2.16. The minimum Gasteiger partial charge on any atom is -0.369 e. The summed E-state index contributed by atoms with van der Waals surface area (Å²) in [4.78, 5) is 6.17. The Bertz CT molecular complexity index is 551. The van der Waals surface area contributed by atoms with Crippen LogP contribution in [0.15, 0.2) is 17.2 Å². The number of likely N-dealkylation sites (N-methyl/N-ethyl adjacent to an activating group) is 1. The Morgan fingerprint density at radius 1 is 1.33 bits per heavy atom. The van der Waals surface area contributed by atoms with Crippen LogP contribution < -0.4 is 10.0 Å². The molecule has 0 saturated carbocycles. The number of hydrogen-bond donors (Lipinski definition) is 2. The highest BCUT2D eigenvalue weighted by Crippen LogP contribution is 2.22. The number of aromatic nitrogens is 1. The molecule has 0 aliphatic carbocycles. The predicted octanol–water partition coefficient (Wildman–Crippen LogP) is 1.79. The maximum absolute atomic E-state index is 12.1. The van der Waals surface area contributed by atoms with Gasteiger partial charge in [0.25, 0.3) is 0 Å². The lowest BCUT2D eigenvalue weighted by Crippen LogP contribution is -2.33. The van der Waals surface area contributed by atoms with Crippen molar-refractivity contribution in [2.75, 3.05) is 38.5 Å². The quantitative estimate of drug-likeness (QED) is 0.720. The van der Waals surface area contributed by atoms with Crippen molar-refractivity contribution in [1.82, 2.24) is 14.6 Å². The van der Waals surface area contributed by atoms with Crippen molar-refractivity contribution in [3.8, 4) is 0 Å². The first kappa shape index (κ1) is 18.2. The van der Waals surface area contributed by atoms with Crippen molar-refractivity contribution in [2.45, 2.75) is 25.2 Å². The second-order valence-electron chi connectivity index (χ2n) is 4.72. The molecule has 1 rings (SSSR count). The van der Waals surface area contributed by atoms with Gasteiger partial charge in [0.2, 0.25) is 10.0 Å². The number of pyridine rings is 1. The molecule has 0 fully saturated rings. The van der Waals surface area contributed by atoms with E-state index in [9.17, 15) is 8.42 Å². The zero-order valence-electron chi connectivity index (χ0n) is 12.7. The average molecular weight is 335 g/mol. The molecule has 0 radical (unpaired) electrons. The summed E-state index contributed by atoms with van der Waals surface area (Å²) in [5.41, 5.74) is 0. The van der Waals surface area contributed by atoms with E-state index in [2.05, 4.69) is 15.0 Å². The molecule has 8 heteroatoms. The van der Waals surface area contributed by atoms with E-state index in [0.717, 1.165) is 19.5 Å². The van der Waals surface area contributed by atoms with Crippen molar-refractivity contribution in [2.24, 2.45) is 0 Å². The second-order valence-corrected chi connectivity index (χ2v) is 6.90. The van der Waals surface area contributed by atoms with Gasteiger partial charge in [-0.3, -0.25) is 0 Å². The van der Waals surface area contributed by atoms with Crippen LogP contribution in [0, 0.1) is 0 Å². The fourth-order valence-electron chi connectivity index (χ4n) is 1.55. The van der Waals surface area contributed by atoms with Crippen molar-refractivity contribution in [1.29, 1.82) is 0 Å². The topological polar surface area (TPSA) is 74.3 Å². The molecular formula is C13H23ClN4O2S. The molecule has 6 nitrogen and oxygen atoms in total. The van der Waals surface area contributed by atoms with Gasteiger partial charge in [-0.2, -0.15) is 0 Å². The first-order chi connectivity index (χ1) is 9.90. The fourth-order valence-corrected chi connectivity index (χ4v) is 2.84. The van der Waals surface area contributed by atoms with Crippen molar-refractivity contribution in [3.05, 3.63) is 17.3 Å². The van der Waals surface area contributed by atoms with Crippen LogP contribution in [0.1, 0.15) is 20.3 Å². The largest absolute Gasteiger partial charge is 0.369 e. The zero-order chi connectivity index (χ0) is 15.9. The number of anilines is 1. The predicted molar refractivity (Wildman–Crippen MR) is 86.4 cm³/mol. The lowest BCUT2D eigenvalue weighted by atomic mass is 10.4. The van der Waals surface area contributed by atoms with Crippen molar-refractivity contribution in [3.63, 3.8) is 0 Å². The summed E-state index contributed by atoms with van der Waals surface area (Å²) in [7, 11) is -1.64. The SMILES string of the molecule is CCCNc1ncc(S(=O)(=O)NCCN(C)CC)cc1Cl. The minimum absolute atomic E-state index is 0.0775. The molecule has 0 amide bonds. The molecule has 1 heterocycles. The summed E-state index contributed by atoms with van der Waals surface area (Å²) in [6.45, 7) is 6.64. The number of nitrogens with one attached hydrogen (secondary N) is 2. The minimum atomic E-state index is -3.58. The Hall–Kier alpha value is -0.890. The van der Waals surface area contributed by atoms with Gasteiger partial charge in [0, 0.05) is 25.8 Å². The van der Waals surface area contributed by atoms with Gasteiger partial charge in [-0.05, 0) is 26.1 Å². The standard InChI is InChI=1S/C13H23ClN4O2S/c1-4-6-15-13-12(14)9-11(10-16-13)21(19,20)17-7-8-18(3)5-2/h9-10,17H,4-8H2,1-3H3,(H,15,16). The Balaban J connectivity index is 2.72. The molecule has 2 N–H and O–H groups in total. The summed E-state index contributed by atoms with van der Waals surface area (Å²) < 4.78 is 26.8. The summed E-state index contributed by atoms with van der Waals surface area (Å²) >= 11 is 6.05. The smallest absolute Gasteiger partial charge is 0.242 e. The van der Waals surface area contributed by atoms with E-state index >= 15 is 0 Å². The number of rotatable bonds is 9. The molecule has 0 unspecified atom stereocenters. The number of hydrogen-bond acceptors (Lipinski definition) is 5. The molecule has 0 aliphatic rings. The van der Waals surface area contributed by atoms with Crippen LogP contribution >= 0.6 is 11.6 Å². The molecule has 120 valence electrons. The molecule has 0 aliphatic heterocycles. The van der Waals surface area contributed by atoms with Crippen LogP contribution in [0.25, 0.3) is 0 Å². The fraction of sp³-hybridized carbons (Fsp3) is 0.615. The summed E-state index contributed by atoms with van der Waals surface area (Å²) in [6, 6.07) is 1.42. The van der Waals surface area contributed by atoms with E-state index in [0.29, 0.717) is 23.9 Å². The van der Waals surface area contributed by atoms with Crippen LogP contribution in [0.5, 0.6) is 0 Å². The summed E-state index contributed by atoms with van der Waals surface area (Å²) in [5, 5.41) is 3.34. The molecule has 0 aromatic carbocycles. The van der Waals surface area contributed by atoms with Crippen LogP contribution in [-0.2, 0) is 10.0 Å². The lowest BCUT2D eigenvalue weighted by Gasteiger charge is -2.14. The Kier molecular flexibility index (Phi) is 7.37. The number of sulfonamides is 1. The van der Waals surface area contributed by atoms with Crippen molar-refractivity contribution < 1.29 is 8.42 Å². The molecule has 1 aromatic heterocycles. The molecule has 21 heavy (non-hydrogen) atoms. The summed E-state index contributed by atoms with van der Waals surface area (Å²) in [6.07, 6.45) is 2.25. The van der Waals surface area contributed by atoms with Crippen LogP contribution in [0.4, 0.5) is 5.82 Å². The molecule has 1 aromatic rings. The van der Waals surface area contributed by atoms with E-state index < -0.39 is 10.0 Å². The van der Waals surface area contributed by atoms with E-state index in [1.165, 1.54) is 12.3 Å². The van der Waals surface area contributed by atoms with Gasteiger partial charge < -0.3 is 10.2 Å². The third kappa shape index (κ3) is 5.78. The first-order valence-electron chi connectivity index (χ1n) is 6.98. The van der Waals surface area contributed by atoms with Gasteiger partial charge in [-0.25, -0.2) is 18.1 Å². The van der Waals surface area contributed by atoms with E-state index in [-0.39, 0.29) is 4.90 Å². The Morgan fingerprint density at radius 3 is 2.62 bits per heavy atom. The molecule has 0 atom stereocenters. The second kappa shape index (κ2) is 8.53. The van der Waals surface area contributed by atoms with Crippen LogP contribution in [0.3, 0.4) is 0 Å². The molecule has 0 spiro atoms. The normalized spacial score (nSPS) is 11.9. The maximum Gasteiger partial charge on any atom is 0.242 e. The Morgan fingerprint density at radius 2 is 2.05 bits per heavy atom. The highest BCUT2D eigenvalue weighted by atomic mass is 35.5. The number of halogens is 1. The van der Waals surface area contributed by atoms with Gasteiger partial charge in [0.1, 0.15) is 10.7 Å². The lowest BCUT2D eigenvalue weighted by molar-refractivity contribution is 0.358. The van der Waals surface area contributed by atoms with E-state index in [4.69, 9.17) is 11.6 Å². The van der Waals surface area contributed by atoms with Gasteiger partial charge in [0.05, 0.1) is 5.02 Å². The highest BCUT2D eigenvalue weighted by molar-refractivity contribution is 7.89. The van der Waals surface area contributed by atoms with Crippen molar-refractivity contribution >= 4 is 27.4 Å². The van der Waals surface area contributed by atoms with Gasteiger partial charge >= 0.3 is 0 Å². The van der Waals surface area contributed by atoms with E-state index in [1.807, 2.05) is 25.8 Å².